The van der Waals surface area contributed by atoms with Crippen molar-refractivity contribution in [2.75, 3.05) is 0 Å². The molecule has 0 saturated heterocycles. The Kier molecular flexibility index (Phi) is 4.06. The second-order valence-corrected chi connectivity index (χ2v) is 6.54. The van der Waals surface area contributed by atoms with Gasteiger partial charge in [-0.1, -0.05) is 11.6 Å². The van der Waals surface area contributed by atoms with Gasteiger partial charge in [0, 0.05) is 22.8 Å². The number of aromatic amines is 1. The molecule has 0 saturated carbocycles. The fourth-order valence-electron chi connectivity index (χ4n) is 1.28. The van der Waals surface area contributed by atoms with E-state index in [-0.39, 0.29) is 11.4 Å². The summed E-state index contributed by atoms with van der Waals surface area (Å²) in [6.45, 7) is 0.180. The van der Waals surface area contributed by atoms with Crippen LogP contribution in [0, 0.1) is 0 Å². The summed E-state index contributed by atoms with van der Waals surface area (Å²) in [5.74, 6) is 0. The van der Waals surface area contributed by atoms with Crippen LogP contribution in [0.5, 0.6) is 0 Å². The number of hydrogen-bond acceptors (Lipinski definition) is 3. The number of halogens is 2. The van der Waals surface area contributed by atoms with Crippen molar-refractivity contribution in [1.82, 2.24) is 14.9 Å². The second-order valence-electron chi connectivity index (χ2n) is 3.51. The molecule has 0 radical (unpaired) electrons. The second kappa shape index (κ2) is 5.40. The number of nitrogens with zero attached hydrogens (tertiary/aromatic N) is 1. The Hall–Kier alpha value is -0.890. The van der Waals surface area contributed by atoms with Gasteiger partial charge >= 0.3 is 0 Å². The number of nitrogens with one attached hydrogen (secondary N) is 2. The van der Waals surface area contributed by atoms with E-state index in [1.54, 1.807) is 12.4 Å². The SMILES string of the molecule is O=S(=O)(NCc1cn[nH]c1)c1ccc(Cl)c(Br)c1. The molecule has 1 heterocycles. The summed E-state index contributed by atoms with van der Waals surface area (Å²) in [4.78, 5) is 0.155. The van der Waals surface area contributed by atoms with Gasteiger partial charge in [-0.05, 0) is 34.1 Å². The Bertz CT molecular complexity index is 643. The van der Waals surface area contributed by atoms with Crippen LogP contribution in [0.3, 0.4) is 0 Å². The monoisotopic (exact) mass is 349 g/mol. The molecule has 2 rings (SSSR count). The topological polar surface area (TPSA) is 74.8 Å². The van der Waals surface area contributed by atoms with Gasteiger partial charge in [-0.15, -0.1) is 0 Å². The van der Waals surface area contributed by atoms with Gasteiger partial charge in [-0.25, -0.2) is 13.1 Å². The van der Waals surface area contributed by atoms with Gasteiger partial charge < -0.3 is 0 Å². The zero-order chi connectivity index (χ0) is 13.2. The van der Waals surface area contributed by atoms with E-state index < -0.39 is 10.0 Å². The van der Waals surface area contributed by atoms with Gasteiger partial charge in [-0.3, -0.25) is 5.10 Å². The van der Waals surface area contributed by atoms with Gasteiger partial charge in [0.1, 0.15) is 0 Å². The average Bonchev–Trinajstić information content (AvgIpc) is 2.83. The molecule has 18 heavy (non-hydrogen) atoms. The maximum atomic E-state index is 12.0. The molecule has 0 spiro atoms. The van der Waals surface area contributed by atoms with E-state index in [4.69, 9.17) is 11.6 Å². The Balaban J connectivity index is 2.17. The van der Waals surface area contributed by atoms with E-state index in [2.05, 4.69) is 30.8 Å². The van der Waals surface area contributed by atoms with Gasteiger partial charge in [0.25, 0.3) is 0 Å². The lowest BCUT2D eigenvalue weighted by atomic mass is 10.4. The van der Waals surface area contributed by atoms with E-state index >= 15 is 0 Å². The standard InChI is InChI=1S/C10H9BrClN3O2S/c11-9-3-8(1-2-10(9)12)18(16,17)15-6-7-4-13-14-5-7/h1-5,15H,6H2,(H,13,14). The maximum absolute atomic E-state index is 12.0. The zero-order valence-electron chi connectivity index (χ0n) is 9.02. The molecule has 0 aliphatic carbocycles. The summed E-state index contributed by atoms with van der Waals surface area (Å²) in [6, 6.07) is 4.43. The van der Waals surface area contributed by atoms with Crippen LogP contribution in [0.4, 0.5) is 0 Å². The van der Waals surface area contributed by atoms with Crippen LogP contribution in [-0.4, -0.2) is 18.6 Å². The first-order valence-corrected chi connectivity index (χ1v) is 7.57. The third kappa shape index (κ3) is 3.11. The largest absolute Gasteiger partial charge is 0.285 e. The highest BCUT2D eigenvalue weighted by atomic mass is 79.9. The van der Waals surface area contributed by atoms with Crippen LogP contribution >= 0.6 is 27.5 Å². The minimum Gasteiger partial charge on any atom is -0.285 e. The molecule has 0 aliphatic heterocycles. The molecule has 0 atom stereocenters. The summed E-state index contributed by atoms with van der Waals surface area (Å²) in [6.07, 6.45) is 3.18. The lowest BCUT2D eigenvalue weighted by molar-refractivity contribution is 0.581. The van der Waals surface area contributed by atoms with E-state index in [1.165, 1.54) is 18.2 Å². The molecular formula is C10H9BrClN3O2S. The molecule has 0 unspecified atom stereocenters. The van der Waals surface area contributed by atoms with Gasteiger partial charge in [0.2, 0.25) is 10.0 Å². The summed E-state index contributed by atoms with van der Waals surface area (Å²) in [5, 5.41) is 6.81. The molecule has 8 heteroatoms. The highest BCUT2D eigenvalue weighted by Gasteiger charge is 2.15. The normalized spacial score (nSPS) is 11.7. The zero-order valence-corrected chi connectivity index (χ0v) is 12.2. The van der Waals surface area contributed by atoms with Gasteiger partial charge in [0.15, 0.2) is 0 Å². The molecule has 0 fully saturated rings. The number of hydrogen-bond donors (Lipinski definition) is 2. The average molecular weight is 351 g/mol. The quantitative estimate of drug-likeness (QED) is 0.888. The number of benzene rings is 1. The highest BCUT2D eigenvalue weighted by molar-refractivity contribution is 9.10. The number of H-pyrrole nitrogens is 1. The molecule has 2 N–H and O–H groups in total. The molecule has 96 valence electrons. The van der Waals surface area contributed by atoms with E-state index in [9.17, 15) is 8.42 Å². The van der Waals surface area contributed by atoms with Crippen LogP contribution in [0.1, 0.15) is 5.56 Å². The van der Waals surface area contributed by atoms with Crippen molar-refractivity contribution in [3.63, 3.8) is 0 Å². The van der Waals surface area contributed by atoms with Crippen LogP contribution < -0.4 is 4.72 Å². The first-order chi connectivity index (χ1) is 8.49. The van der Waals surface area contributed by atoms with Gasteiger partial charge in [0.05, 0.1) is 16.1 Å². The molecule has 0 aliphatic rings. The maximum Gasteiger partial charge on any atom is 0.240 e. The lowest BCUT2D eigenvalue weighted by Crippen LogP contribution is -2.23. The Morgan fingerprint density at radius 2 is 2.22 bits per heavy atom. The molecule has 5 nitrogen and oxygen atoms in total. The minimum atomic E-state index is -3.56. The van der Waals surface area contributed by atoms with Crippen molar-refractivity contribution in [1.29, 1.82) is 0 Å². The Morgan fingerprint density at radius 1 is 1.44 bits per heavy atom. The number of rotatable bonds is 4. The predicted octanol–water partition coefficient (Wildman–Crippen LogP) is 2.30. The summed E-state index contributed by atoms with van der Waals surface area (Å²) < 4.78 is 27.0. The van der Waals surface area contributed by atoms with Crippen molar-refractivity contribution < 1.29 is 8.42 Å². The van der Waals surface area contributed by atoms with Crippen LogP contribution in [0.25, 0.3) is 0 Å². The van der Waals surface area contributed by atoms with Crippen molar-refractivity contribution in [3.8, 4) is 0 Å². The summed E-state index contributed by atoms with van der Waals surface area (Å²) in [7, 11) is -3.56. The Labute approximate surface area is 118 Å². The third-order valence-corrected chi connectivity index (χ3v) is 4.84. The van der Waals surface area contributed by atoms with E-state index in [0.29, 0.717) is 9.50 Å². The summed E-state index contributed by atoms with van der Waals surface area (Å²) in [5.41, 5.74) is 0.756. The molecule has 0 amide bonds. The molecule has 1 aromatic heterocycles. The lowest BCUT2D eigenvalue weighted by Gasteiger charge is -2.06. The van der Waals surface area contributed by atoms with E-state index in [1.807, 2.05) is 0 Å². The summed E-state index contributed by atoms with van der Waals surface area (Å²) >= 11 is 9.00. The van der Waals surface area contributed by atoms with Crippen LogP contribution in [0.15, 0.2) is 40.0 Å². The number of aromatic nitrogens is 2. The van der Waals surface area contributed by atoms with Crippen LogP contribution in [-0.2, 0) is 16.6 Å². The van der Waals surface area contributed by atoms with E-state index in [0.717, 1.165) is 5.56 Å². The van der Waals surface area contributed by atoms with Crippen molar-refractivity contribution in [2.45, 2.75) is 11.4 Å². The molecule has 2 aromatic rings. The minimum absolute atomic E-state index is 0.155. The fourth-order valence-corrected chi connectivity index (χ4v) is 2.97. The fraction of sp³-hybridized carbons (Fsp3) is 0.100. The smallest absolute Gasteiger partial charge is 0.240 e. The number of sulfonamides is 1. The first-order valence-electron chi connectivity index (χ1n) is 4.91. The van der Waals surface area contributed by atoms with Crippen molar-refractivity contribution >= 4 is 37.6 Å². The third-order valence-electron chi connectivity index (χ3n) is 2.22. The molecular weight excluding hydrogens is 342 g/mol. The van der Waals surface area contributed by atoms with Crippen molar-refractivity contribution in [3.05, 3.63) is 45.7 Å². The van der Waals surface area contributed by atoms with Crippen molar-refractivity contribution in [2.24, 2.45) is 0 Å². The Morgan fingerprint density at radius 3 is 2.83 bits per heavy atom. The van der Waals surface area contributed by atoms with Gasteiger partial charge in [-0.2, -0.15) is 5.10 Å². The predicted molar refractivity (Wildman–Crippen MR) is 71.8 cm³/mol. The molecule has 1 aromatic carbocycles. The van der Waals surface area contributed by atoms with Crippen LogP contribution in [0.2, 0.25) is 5.02 Å². The molecule has 0 bridgehead atoms. The highest BCUT2D eigenvalue weighted by Crippen LogP contribution is 2.25. The first kappa shape index (κ1) is 13.5.